The van der Waals surface area contributed by atoms with Crippen LogP contribution in [0.1, 0.15) is 199 Å². The summed E-state index contributed by atoms with van der Waals surface area (Å²) in [5.41, 5.74) is 35.0. The predicted molar refractivity (Wildman–Crippen MR) is 579 cm³/mol. The molecule has 8 rings (SSSR count). The molecule has 0 spiro atoms. The highest BCUT2D eigenvalue weighted by Crippen LogP contribution is 2.27. The van der Waals surface area contributed by atoms with Crippen LogP contribution in [0.3, 0.4) is 0 Å². The van der Waals surface area contributed by atoms with Gasteiger partial charge in [-0.15, -0.1) is 0 Å². The summed E-state index contributed by atoms with van der Waals surface area (Å²) in [4.78, 5) is 111. The van der Waals surface area contributed by atoms with Crippen molar-refractivity contribution in [3.8, 4) is 23.0 Å². The number of nitrogens with two attached hydrogens (primary N) is 5. The van der Waals surface area contributed by atoms with Crippen LogP contribution in [0.15, 0.2) is 144 Å². The molecule has 20 N–H and O–H groups in total. The number of ether oxygens (including phenoxy) is 8. The number of para-hydroxylation sites is 4. The summed E-state index contributed by atoms with van der Waals surface area (Å²) in [6, 6.07) is 20.1. The normalized spacial score (nSPS) is 13.3. The van der Waals surface area contributed by atoms with Gasteiger partial charge in [-0.3, -0.25) is 53.3 Å². The van der Waals surface area contributed by atoms with Crippen LogP contribution in [0.2, 0.25) is 0 Å². The molecule has 1 saturated heterocycles. The highest BCUT2D eigenvalue weighted by atomic mass is 32.1. The van der Waals surface area contributed by atoms with Crippen LogP contribution in [0.4, 0.5) is 14.4 Å². The molecular formula is C98H166N24O15S4. The largest absolute Gasteiger partial charge is 0.491 e. The zero-order chi connectivity index (χ0) is 102. The number of aliphatic imine (C=N–C) groups is 3. The minimum atomic E-state index is -0.794. The van der Waals surface area contributed by atoms with Crippen LogP contribution >= 0.6 is 54.0 Å². The van der Waals surface area contributed by atoms with E-state index in [0.29, 0.717) is 121 Å². The number of alkyl carbamates (subject to hydrolysis) is 3. The third-order valence-electron chi connectivity index (χ3n) is 19.6. The maximum Gasteiger partial charge on any atom is 0.408 e. The van der Waals surface area contributed by atoms with E-state index in [1.54, 1.807) is 146 Å². The van der Waals surface area contributed by atoms with Crippen molar-refractivity contribution in [2.45, 2.75) is 275 Å². The quantitative estimate of drug-likeness (QED) is 0.00740. The number of carbonyl (C=O) groups excluding carboxylic acids is 7. The maximum absolute atomic E-state index is 13.0. The Morgan fingerprint density at radius 1 is 0.426 bits per heavy atom. The zero-order valence-electron chi connectivity index (χ0n) is 86.9. The third-order valence-corrected chi connectivity index (χ3v) is 19.6. The summed E-state index contributed by atoms with van der Waals surface area (Å²) in [5, 5.41) is 33.1. The highest BCUT2D eigenvalue weighted by Gasteiger charge is 2.30. The average molecular weight is 2050 g/mol. The van der Waals surface area contributed by atoms with Crippen LogP contribution in [-0.4, -0.2) is 239 Å². The van der Waals surface area contributed by atoms with Crippen molar-refractivity contribution in [3.63, 3.8) is 0 Å². The van der Waals surface area contributed by atoms with Gasteiger partial charge in [-0.05, 0) is 261 Å². The molecule has 4 aromatic carbocycles. The fourth-order valence-electron chi connectivity index (χ4n) is 12.7. The molecule has 7 aromatic rings. The third kappa shape index (κ3) is 56.6. The first kappa shape index (κ1) is 131. The minimum absolute atomic E-state index is 0. The Hall–Kier alpha value is -11.6. The first-order valence-electron chi connectivity index (χ1n) is 46.4. The molecule has 4 unspecified atom stereocenters. The number of aryl methyl sites for hydroxylation is 8. The number of amides is 7. The maximum atomic E-state index is 13.0. The van der Waals surface area contributed by atoms with Crippen LogP contribution in [-0.2, 0) is 38.1 Å². The number of carbonyl (C=O) groups is 7. The van der Waals surface area contributed by atoms with Crippen molar-refractivity contribution < 1.29 is 71.5 Å². The van der Waals surface area contributed by atoms with Crippen molar-refractivity contribution in [2.24, 2.45) is 43.6 Å². The predicted octanol–water partition coefficient (Wildman–Crippen LogP) is 10.6. The lowest BCUT2D eigenvalue weighted by Gasteiger charge is -2.25. The van der Waals surface area contributed by atoms with Crippen molar-refractivity contribution in [3.05, 3.63) is 173 Å². The lowest BCUT2D eigenvalue weighted by molar-refractivity contribution is -0.124. The molecule has 1 aliphatic rings. The molecule has 39 nitrogen and oxygen atoms in total. The smallest absolute Gasteiger partial charge is 0.408 e. The van der Waals surface area contributed by atoms with Crippen molar-refractivity contribution in [1.29, 1.82) is 5.41 Å². The van der Waals surface area contributed by atoms with E-state index < -0.39 is 59.3 Å². The summed E-state index contributed by atoms with van der Waals surface area (Å²) >= 11 is 0. The number of imidazole rings is 3. The van der Waals surface area contributed by atoms with Crippen LogP contribution in [0, 0.1) is 60.8 Å². The zero-order valence-corrected chi connectivity index (χ0v) is 90.9. The molecule has 43 heteroatoms. The van der Waals surface area contributed by atoms with Crippen molar-refractivity contribution >= 4 is 120 Å². The van der Waals surface area contributed by atoms with E-state index in [4.69, 9.17) is 72.0 Å². The SMILES string of the molecule is C1CCOC1.CN=C(N)NCCC[C@H](N)C(=O)NC(C)COc1c(C)cccc1C.CN=C(N)NCCC[C@H](NC(=O)OC(C)(C)C)C(=O)NC(C)COc1c(C)cccc1C.Cc1cccc(C)c1OCC(C)NC(=O)[C@H](CCCN)NC(=O)OC(C)(C)C.Cc1cccc(C)c1OCC(C)NC(=O)[C@H](CCCN=C(N)n1ccnc1)NC(=O)OC(C)(C)C.N=C(n1ccnc1)n1ccnc1.S.S.S.S. The molecule has 8 atom stereocenters. The van der Waals surface area contributed by atoms with Gasteiger partial charge in [0.2, 0.25) is 35.5 Å². The topological polar surface area (TPSA) is 546 Å². The summed E-state index contributed by atoms with van der Waals surface area (Å²) in [7, 11) is 3.20. The van der Waals surface area contributed by atoms with Crippen LogP contribution in [0.25, 0.3) is 0 Å². The van der Waals surface area contributed by atoms with Gasteiger partial charge >= 0.3 is 18.3 Å². The molecule has 7 amide bonds. The molecule has 4 heterocycles. The van der Waals surface area contributed by atoms with Gasteiger partial charge in [0.1, 0.15) is 103 Å². The van der Waals surface area contributed by atoms with E-state index in [9.17, 15) is 33.6 Å². The standard InChI is InChI=1S/C25H38N6O4.C23H39N5O4.C21H35N3O4.C18H31N5O2.C7H7N5.C4H8O.4H2S/c1-17-9-7-10-18(2)21(17)34-15-19(3)29-22(32)20(30-24(33)35-25(4,5)6)11-8-12-28-23(26)31-14-13-27-16-31;1-15-10-8-11-16(2)19(15)31-14-17(3)27-20(29)18(12-9-13-26-21(24)25-7)28-22(30)32-23(4,5)6;1-14-9-7-10-15(2)18(14)27-13-16(3)23-19(25)17(11-8-12-22)24-20(26)28-21(4,5)6;1-12-7-5-8-13(2)16(12)25-11-14(3)23-17(24)15(19)9-6-10-22-18(20)21-4;8-7(11-3-1-9-5-11)12-4-2-10-6-12;1-2-4-5-3-1;;;;/h7,9-10,13-14,16,19-20H,8,11-12,15H2,1-6H3,(H2,26,28)(H,29,32)(H,30,33);8,10-11,17-18H,9,12-14H2,1-7H3,(H,27,29)(H,28,30)(H3,24,25,26);7,9-10,16-17H,8,11-13,22H2,1-6H3,(H,23,25)(H,24,26);5,7-8,14-15H,6,9-11,19H2,1-4H3,(H,23,24)(H3,20,21,22);1-6,8H;1-4H2;4*1H2/t19?,20-;17?,18-;16?,17-;14?,15-;;;;;;/m0000....../s1. The summed E-state index contributed by atoms with van der Waals surface area (Å²) < 4.78 is 49.3. The van der Waals surface area contributed by atoms with E-state index in [-0.39, 0.29) is 102 Å². The van der Waals surface area contributed by atoms with Crippen molar-refractivity contribution in [2.75, 3.05) is 79.9 Å². The van der Waals surface area contributed by atoms with E-state index in [1.165, 1.54) is 12.8 Å². The molecule has 141 heavy (non-hydrogen) atoms. The average Bonchev–Trinajstić information content (AvgIpc) is 1.17. The fraction of sp³-hybridized carbons (Fsp3) is 0.551. The number of guanidine groups is 2. The number of benzene rings is 4. The molecule has 1 aliphatic heterocycles. The monoisotopic (exact) mass is 2050 g/mol. The van der Waals surface area contributed by atoms with E-state index in [2.05, 4.69) is 77.8 Å². The summed E-state index contributed by atoms with van der Waals surface area (Å²) in [5.74, 6) is 3.58. The van der Waals surface area contributed by atoms with E-state index in [1.807, 2.05) is 156 Å². The van der Waals surface area contributed by atoms with Gasteiger partial charge in [0.05, 0.1) is 30.2 Å². The molecule has 0 aliphatic carbocycles. The molecule has 1 fully saturated rings. The second-order valence-electron chi connectivity index (χ2n) is 36.2. The number of nitrogens with one attached hydrogen (secondary N) is 10. The Morgan fingerprint density at radius 2 is 0.702 bits per heavy atom. The number of hydrogen-bond acceptors (Lipinski definition) is 24. The minimum Gasteiger partial charge on any atom is -0.491 e. The Bertz CT molecular complexity index is 4730. The number of rotatable bonds is 38. The van der Waals surface area contributed by atoms with Gasteiger partial charge in [-0.1, -0.05) is 72.8 Å². The molecule has 0 radical (unpaired) electrons. The van der Waals surface area contributed by atoms with Gasteiger partial charge in [-0.2, -0.15) is 54.0 Å². The lowest BCUT2D eigenvalue weighted by Crippen LogP contribution is -2.51. The van der Waals surface area contributed by atoms with Gasteiger partial charge < -0.3 is 114 Å². The van der Waals surface area contributed by atoms with Gasteiger partial charge in [0.25, 0.3) is 0 Å². The van der Waals surface area contributed by atoms with Crippen molar-refractivity contribution in [1.82, 2.24) is 76.5 Å². The van der Waals surface area contributed by atoms with Gasteiger partial charge in [0.15, 0.2) is 11.9 Å². The summed E-state index contributed by atoms with van der Waals surface area (Å²) in [6.07, 6.45) is 19.6. The molecule has 0 bridgehead atoms. The Kier molecular flexibility index (Phi) is 65.3. The Labute approximate surface area is 862 Å². The second kappa shape index (κ2) is 70.1. The number of nitrogens with zero attached hydrogens (tertiary/aromatic N) is 9. The first-order chi connectivity index (χ1) is 64.6. The molecule has 0 saturated carbocycles. The van der Waals surface area contributed by atoms with Gasteiger partial charge in [-0.25, -0.2) is 29.3 Å². The fourth-order valence-corrected chi connectivity index (χ4v) is 12.7. The molecular weight excluding hydrogens is 1880 g/mol. The molecule has 792 valence electrons. The van der Waals surface area contributed by atoms with E-state index in [0.717, 1.165) is 87.1 Å². The van der Waals surface area contributed by atoms with Crippen LogP contribution < -0.4 is 95.5 Å². The Morgan fingerprint density at radius 3 is 0.965 bits per heavy atom. The van der Waals surface area contributed by atoms with Gasteiger partial charge in [0, 0.05) is 84.1 Å². The summed E-state index contributed by atoms with van der Waals surface area (Å²) in [6.45, 7) is 44.6. The number of hydrogen-bond donors (Lipinski definition) is 15. The lowest BCUT2D eigenvalue weighted by atomic mass is 10.1. The number of aromatic nitrogens is 6. The first-order valence-corrected chi connectivity index (χ1v) is 46.4. The second-order valence-corrected chi connectivity index (χ2v) is 36.2. The highest BCUT2D eigenvalue weighted by molar-refractivity contribution is 7.59. The molecule has 3 aromatic heterocycles. The van der Waals surface area contributed by atoms with E-state index >= 15 is 0 Å². The van der Waals surface area contributed by atoms with Crippen LogP contribution in [0.5, 0.6) is 23.0 Å². The Balaban J connectivity index is 0.